The lowest BCUT2D eigenvalue weighted by molar-refractivity contribution is -0.384. The van der Waals surface area contributed by atoms with E-state index in [0.29, 0.717) is 18.1 Å². The molecule has 0 heterocycles. The van der Waals surface area contributed by atoms with Gasteiger partial charge in [-0.3, -0.25) is 14.9 Å². The van der Waals surface area contributed by atoms with Crippen molar-refractivity contribution in [3.63, 3.8) is 0 Å². The molecule has 0 unspecified atom stereocenters. The molecule has 2 aromatic rings. The summed E-state index contributed by atoms with van der Waals surface area (Å²) >= 11 is 5.86. The van der Waals surface area contributed by atoms with Gasteiger partial charge in [0.05, 0.1) is 11.5 Å². The number of nitrogens with one attached hydrogen (secondary N) is 3. The van der Waals surface area contributed by atoms with Crippen LogP contribution in [0, 0.1) is 10.1 Å². The summed E-state index contributed by atoms with van der Waals surface area (Å²) < 4.78 is 0. The first-order chi connectivity index (χ1) is 12.5. The van der Waals surface area contributed by atoms with Crippen LogP contribution in [0.25, 0.3) is 0 Å². The zero-order valence-electron chi connectivity index (χ0n) is 14.4. The van der Waals surface area contributed by atoms with Crippen molar-refractivity contribution in [2.75, 3.05) is 25.0 Å². The number of anilines is 1. The van der Waals surface area contributed by atoms with Gasteiger partial charge < -0.3 is 16.0 Å². The molecular weight excluding hydrogens is 356 g/mol. The third-order valence-corrected chi connectivity index (χ3v) is 4.05. The molecule has 0 saturated carbocycles. The highest BCUT2D eigenvalue weighted by Crippen LogP contribution is 2.16. The number of hydrogen-bond acceptors (Lipinski definition) is 5. The largest absolute Gasteiger partial charge is 0.383 e. The number of benzene rings is 2. The van der Waals surface area contributed by atoms with E-state index < -0.39 is 4.92 Å². The summed E-state index contributed by atoms with van der Waals surface area (Å²) in [5.74, 6) is -0.101. The summed E-state index contributed by atoms with van der Waals surface area (Å²) in [5.41, 5.74) is 1.87. The first-order valence-corrected chi connectivity index (χ1v) is 8.57. The maximum absolute atomic E-state index is 11.9. The number of nitro groups is 1. The Morgan fingerprint density at radius 1 is 1.12 bits per heavy atom. The molecule has 1 atom stereocenters. The van der Waals surface area contributed by atoms with Gasteiger partial charge in [-0.25, -0.2) is 0 Å². The molecule has 0 aliphatic heterocycles. The second-order valence-electron chi connectivity index (χ2n) is 5.73. The minimum absolute atomic E-state index is 0.0382. The van der Waals surface area contributed by atoms with Crippen LogP contribution in [0.15, 0.2) is 48.5 Å². The average molecular weight is 377 g/mol. The molecule has 0 spiro atoms. The van der Waals surface area contributed by atoms with Gasteiger partial charge >= 0.3 is 0 Å². The van der Waals surface area contributed by atoms with Crippen LogP contribution in [-0.2, 0) is 4.79 Å². The smallest absolute Gasteiger partial charge is 0.269 e. The Bertz CT molecular complexity index is 735. The molecule has 0 saturated heterocycles. The van der Waals surface area contributed by atoms with Gasteiger partial charge in [-0.2, -0.15) is 0 Å². The lowest BCUT2D eigenvalue weighted by Gasteiger charge is -2.14. The van der Waals surface area contributed by atoms with E-state index in [1.54, 1.807) is 12.1 Å². The van der Waals surface area contributed by atoms with Gasteiger partial charge in [0.2, 0.25) is 5.91 Å². The van der Waals surface area contributed by atoms with E-state index >= 15 is 0 Å². The van der Waals surface area contributed by atoms with Crippen LogP contribution in [0.2, 0.25) is 5.02 Å². The highest BCUT2D eigenvalue weighted by molar-refractivity contribution is 6.30. The van der Waals surface area contributed by atoms with Crippen molar-refractivity contribution in [1.82, 2.24) is 10.6 Å². The number of halogens is 1. The molecule has 2 rings (SSSR count). The molecule has 0 aliphatic carbocycles. The van der Waals surface area contributed by atoms with Crippen molar-refractivity contribution in [3.8, 4) is 0 Å². The fourth-order valence-corrected chi connectivity index (χ4v) is 2.41. The number of hydrogen-bond donors (Lipinski definition) is 3. The van der Waals surface area contributed by atoms with E-state index in [-0.39, 0.29) is 24.2 Å². The molecule has 0 bridgehead atoms. The van der Waals surface area contributed by atoms with Crippen molar-refractivity contribution in [3.05, 3.63) is 69.2 Å². The first-order valence-electron chi connectivity index (χ1n) is 8.19. The Morgan fingerprint density at radius 3 is 2.38 bits per heavy atom. The molecule has 138 valence electrons. The number of nitrogens with zero attached hydrogens (tertiary/aromatic N) is 1. The van der Waals surface area contributed by atoms with Crippen LogP contribution < -0.4 is 16.0 Å². The van der Waals surface area contributed by atoms with E-state index in [1.165, 1.54) is 12.1 Å². The van der Waals surface area contributed by atoms with Gasteiger partial charge in [0.1, 0.15) is 0 Å². The van der Waals surface area contributed by atoms with Crippen LogP contribution in [0.5, 0.6) is 0 Å². The summed E-state index contributed by atoms with van der Waals surface area (Å²) in [7, 11) is 0. The van der Waals surface area contributed by atoms with Crippen LogP contribution in [0.3, 0.4) is 0 Å². The minimum Gasteiger partial charge on any atom is -0.383 e. The summed E-state index contributed by atoms with van der Waals surface area (Å²) in [5, 5.41) is 20.3. The molecule has 8 heteroatoms. The maximum atomic E-state index is 11.9. The van der Waals surface area contributed by atoms with Crippen LogP contribution in [0.1, 0.15) is 18.5 Å². The molecule has 0 fully saturated rings. The molecule has 7 nitrogen and oxygen atoms in total. The highest BCUT2D eigenvalue weighted by atomic mass is 35.5. The summed E-state index contributed by atoms with van der Waals surface area (Å²) in [6.45, 7) is 3.16. The van der Waals surface area contributed by atoms with E-state index in [9.17, 15) is 14.9 Å². The quantitative estimate of drug-likeness (QED) is 0.355. The van der Waals surface area contributed by atoms with Crippen LogP contribution >= 0.6 is 11.6 Å². The minimum atomic E-state index is -0.442. The zero-order valence-corrected chi connectivity index (χ0v) is 15.1. The number of carbonyl (C=O) groups is 1. The Kier molecular flexibility index (Phi) is 7.37. The van der Waals surface area contributed by atoms with Gasteiger partial charge in [-0.05, 0) is 36.8 Å². The SMILES string of the molecule is C[C@@H](NCC(=O)NCCNc1ccc([N+](=O)[O-])cc1)c1ccc(Cl)cc1. The molecule has 0 aliphatic rings. The number of non-ortho nitro benzene ring substituents is 1. The number of nitro benzene ring substituents is 1. The monoisotopic (exact) mass is 376 g/mol. The van der Waals surface area contributed by atoms with Gasteiger partial charge in [0.15, 0.2) is 0 Å². The summed E-state index contributed by atoms with van der Waals surface area (Å²) in [6, 6.07) is 13.7. The van der Waals surface area contributed by atoms with Crippen molar-refractivity contribution < 1.29 is 9.72 Å². The number of carbonyl (C=O) groups excluding carboxylic acids is 1. The average Bonchev–Trinajstić information content (AvgIpc) is 2.64. The Morgan fingerprint density at radius 2 is 1.77 bits per heavy atom. The van der Waals surface area contributed by atoms with E-state index in [1.807, 2.05) is 31.2 Å². The van der Waals surface area contributed by atoms with E-state index in [0.717, 1.165) is 11.3 Å². The predicted octanol–water partition coefficient (Wildman–Crippen LogP) is 3.13. The molecule has 2 aromatic carbocycles. The molecule has 3 N–H and O–H groups in total. The first kappa shape index (κ1) is 19.7. The van der Waals surface area contributed by atoms with Crippen molar-refractivity contribution >= 4 is 28.9 Å². The van der Waals surface area contributed by atoms with Crippen LogP contribution in [-0.4, -0.2) is 30.5 Å². The standard InChI is InChI=1S/C18H21ClN4O3/c1-13(14-2-4-15(19)5-3-14)22-12-18(24)21-11-10-20-16-6-8-17(9-7-16)23(25)26/h2-9,13,20,22H,10-12H2,1H3,(H,21,24)/t13-/m1/s1. The topological polar surface area (TPSA) is 96.3 Å². The Labute approximate surface area is 156 Å². The normalized spacial score (nSPS) is 11.6. The van der Waals surface area contributed by atoms with Gasteiger partial charge in [0, 0.05) is 42.0 Å². The second-order valence-corrected chi connectivity index (χ2v) is 6.17. The summed E-state index contributed by atoms with van der Waals surface area (Å²) in [4.78, 5) is 22.0. The van der Waals surface area contributed by atoms with Crippen molar-refractivity contribution in [1.29, 1.82) is 0 Å². The molecule has 26 heavy (non-hydrogen) atoms. The van der Waals surface area contributed by atoms with Crippen molar-refractivity contribution in [2.24, 2.45) is 0 Å². The molecule has 0 aromatic heterocycles. The van der Waals surface area contributed by atoms with Crippen LogP contribution in [0.4, 0.5) is 11.4 Å². The third kappa shape index (κ3) is 6.34. The molecule has 1 amide bonds. The number of rotatable bonds is 9. The predicted molar refractivity (Wildman–Crippen MR) is 102 cm³/mol. The zero-order chi connectivity index (χ0) is 18.9. The number of amides is 1. The lowest BCUT2D eigenvalue weighted by atomic mass is 10.1. The van der Waals surface area contributed by atoms with E-state index in [2.05, 4.69) is 16.0 Å². The van der Waals surface area contributed by atoms with Gasteiger partial charge in [-0.15, -0.1) is 0 Å². The molecule has 0 radical (unpaired) electrons. The molecular formula is C18H21ClN4O3. The van der Waals surface area contributed by atoms with Gasteiger partial charge in [-0.1, -0.05) is 23.7 Å². The third-order valence-electron chi connectivity index (χ3n) is 3.79. The maximum Gasteiger partial charge on any atom is 0.269 e. The fourth-order valence-electron chi connectivity index (χ4n) is 2.29. The fraction of sp³-hybridized carbons (Fsp3) is 0.278. The van der Waals surface area contributed by atoms with Crippen molar-refractivity contribution in [2.45, 2.75) is 13.0 Å². The Balaban J connectivity index is 1.64. The van der Waals surface area contributed by atoms with Gasteiger partial charge in [0.25, 0.3) is 5.69 Å². The Hall–Kier alpha value is -2.64. The summed E-state index contributed by atoms with van der Waals surface area (Å²) in [6.07, 6.45) is 0. The van der Waals surface area contributed by atoms with E-state index in [4.69, 9.17) is 11.6 Å². The highest BCUT2D eigenvalue weighted by Gasteiger charge is 2.07. The second kappa shape index (κ2) is 9.74. The lowest BCUT2D eigenvalue weighted by Crippen LogP contribution is -2.37.